The van der Waals surface area contributed by atoms with Crippen LogP contribution in [0.2, 0.25) is 0 Å². The third kappa shape index (κ3) is 3.65. The molecule has 5 aromatic rings. The van der Waals surface area contributed by atoms with Gasteiger partial charge in [-0.1, -0.05) is 54.6 Å². The lowest BCUT2D eigenvalue weighted by Crippen LogP contribution is -2.03. The van der Waals surface area contributed by atoms with Crippen molar-refractivity contribution >= 4 is 21.8 Å². The standard InChI is InChI=1S/C25H19N3O/c1-2-7-19(8-3-1)25-22-16-21(12-13-24(22)26-17-27-25)29-15-14-20-11-10-18-6-4-5-9-23(18)28-20/h1-13,16-17H,14-15H2. The molecule has 0 fully saturated rings. The van der Waals surface area contributed by atoms with Gasteiger partial charge in [0.2, 0.25) is 0 Å². The van der Waals surface area contributed by atoms with E-state index in [1.165, 1.54) is 0 Å². The van der Waals surface area contributed by atoms with Gasteiger partial charge in [-0.3, -0.25) is 4.98 Å². The van der Waals surface area contributed by atoms with Gasteiger partial charge in [0.05, 0.1) is 23.3 Å². The minimum absolute atomic E-state index is 0.561. The van der Waals surface area contributed by atoms with Crippen LogP contribution in [0, 0.1) is 0 Å². The Morgan fingerprint density at radius 1 is 0.724 bits per heavy atom. The second-order valence-electron chi connectivity index (χ2n) is 6.86. The molecular weight excluding hydrogens is 358 g/mol. The van der Waals surface area contributed by atoms with Crippen molar-refractivity contribution in [3.8, 4) is 17.0 Å². The Balaban J connectivity index is 1.36. The molecule has 0 bridgehead atoms. The molecule has 0 aliphatic carbocycles. The van der Waals surface area contributed by atoms with Gasteiger partial charge < -0.3 is 4.74 Å². The van der Waals surface area contributed by atoms with Crippen molar-refractivity contribution in [1.29, 1.82) is 0 Å². The van der Waals surface area contributed by atoms with Crippen LogP contribution < -0.4 is 4.74 Å². The Hall–Kier alpha value is -3.79. The molecule has 0 N–H and O–H groups in total. The van der Waals surface area contributed by atoms with Gasteiger partial charge in [-0.15, -0.1) is 0 Å². The van der Waals surface area contributed by atoms with Crippen LogP contribution in [0.3, 0.4) is 0 Å². The highest BCUT2D eigenvalue weighted by Crippen LogP contribution is 2.28. The highest BCUT2D eigenvalue weighted by Gasteiger charge is 2.08. The van der Waals surface area contributed by atoms with Crippen molar-refractivity contribution < 1.29 is 4.74 Å². The molecule has 0 amide bonds. The monoisotopic (exact) mass is 377 g/mol. The van der Waals surface area contributed by atoms with E-state index in [9.17, 15) is 0 Å². The second kappa shape index (κ2) is 7.68. The average Bonchev–Trinajstić information content (AvgIpc) is 2.79. The minimum atomic E-state index is 0.561. The zero-order valence-electron chi connectivity index (χ0n) is 15.8. The maximum atomic E-state index is 6.03. The van der Waals surface area contributed by atoms with Crippen LogP contribution in [0.4, 0.5) is 0 Å². The lowest BCUT2D eigenvalue weighted by molar-refractivity contribution is 0.321. The number of benzene rings is 3. The zero-order valence-corrected chi connectivity index (χ0v) is 15.8. The normalized spacial score (nSPS) is 11.0. The first-order valence-electron chi connectivity index (χ1n) is 9.64. The summed E-state index contributed by atoms with van der Waals surface area (Å²) < 4.78 is 6.03. The summed E-state index contributed by atoms with van der Waals surface area (Å²) in [6.07, 6.45) is 2.36. The minimum Gasteiger partial charge on any atom is -0.493 e. The third-order valence-corrected chi connectivity index (χ3v) is 4.94. The fraction of sp³-hybridized carbons (Fsp3) is 0.0800. The second-order valence-corrected chi connectivity index (χ2v) is 6.86. The molecule has 5 rings (SSSR count). The summed E-state index contributed by atoms with van der Waals surface area (Å²) in [6.45, 7) is 0.561. The lowest BCUT2D eigenvalue weighted by Gasteiger charge is -2.09. The number of para-hydroxylation sites is 1. The van der Waals surface area contributed by atoms with E-state index in [1.54, 1.807) is 6.33 Å². The van der Waals surface area contributed by atoms with Crippen molar-refractivity contribution in [3.05, 3.63) is 97.0 Å². The van der Waals surface area contributed by atoms with Gasteiger partial charge in [0, 0.05) is 28.5 Å². The SMILES string of the molecule is c1ccc(-c2ncnc3ccc(OCCc4ccc5ccccc5n4)cc23)cc1. The van der Waals surface area contributed by atoms with E-state index < -0.39 is 0 Å². The van der Waals surface area contributed by atoms with E-state index in [1.807, 2.05) is 54.6 Å². The molecule has 0 unspecified atom stereocenters. The largest absolute Gasteiger partial charge is 0.493 e. The topological polar surface area (TPSA) is 47.9 Å². The molecule has 29 heavy (non-hydrogen) atoms. The molecule has 0 saturated heterocycles. The van der Waals surface area contributed by atoms with E-state index >= 15 is 0 Å². The number of nitrogens with zero attached hydrogens (tertiary/aromatic N) is 3. The molecule has 0 aliphatic heterocycles. The third-order valence-electron chi connectivity index (χ3n) is 4.94. The number of pyridine rings is 1. The van der Waals surface area contributed by atoms with Gasteiger partial charge in [0.25, 0.3) is 0 Å². The van der Waals surface area contributed by atoms with Gasteiger partial charge in [-0.05, 0) is 30.3 Å². The summed E-state index contributed by atoms with van der Waals surface area (Å²) in [6, 6.07) is 28.4. The van der Waals surface area contributed by atoms with Crippen LogP contribution in [0.25, 0.3) is 33.1 Å². The number of aromatic nitrogens is 3. The zero-order chi connectivity index (χ0) is 19.5. The Bertz CT molecular complexity index is 1290. The van der Waals surface area contributed by atoms with E-state index in [4.69, 9.17) is 9.72 Å². The van der Waals surface area contributed by atoms with Gasteiger partial charge in [-0.2, -0.15) is 0 Å². The smallest absolute Gasteiger partial charge is 0.120 e. The Labute approximate surface area is 168 Å². The molecular formula is C25H19N3O. The predicted molar refractivity (Wildman–Crippen MR) is 116 cm³/mol. The van der Waals surface area contributed by atoms with Gasteiger partial charge in [0.1, 0.15) is 12.1 Å². The van der Waals surface area contributed by atoms with Crippen molar-refractivity contribution in [2.75, 3.05) is 6.61 Å². The van der Waals surface area contributed by atoms with Crippen molar-refractivity contribution in [2.45, 2.75) is 6.42 Å². The maximum Gasteiger partial charge on any atom is 0.120 e. The van der Waals surface area contributed by atoms with E-state index in [0.29, 0.717) is 6.61 Å². The Morgan fingerprint density at radius 2 is 1.59 bits per heavy atom. The molecule has 0 atom stereocenters. The van der Waals surface area contributed by atoms with E-state index in [2.05, 4.69) is 40.3 Å². The maximum absolute atomic E-state index is 6.03. The first kappa shape index (κ1) is 17.3. The number of hydrogen-bond acceptors (Lipinski definition) is 4. The van der Waals surface area contributed by atoms with E-state index in [0.717, 1.165) is 50.9 Å². The van der Waals surface area contributed by atoms with Gasteiger partial charge in [0.15, 0.2) is 0 Å². The summed E-state index contributed by atoms with van der Waals surface area (Å²) in [5, 5.41) is 2.14. The molecule has 0 saturated carbocycles. The molecule has 4 nitrogen and oxygen atoms in total. The highest BCUT2D eigenvalue weighted by molar-refractivity contribution is 5.92. The summed E-state index contributed by atoms with van der Waals surface area (Å²) in [7, 11) is 0. The van der Waals surface area contributed by atoms with Crippen LogP contribution in [-0.2, 0) is 6.42 Å². The van der Waals surface area contributed by atoms with Crippen LogP contribution in [0.5, 0.6) is 5.75 Å². The van der Waals surface area contributed by atoms with Crippen molar-refractivity contribution in [1.82, 2.24) is 15.0 Å². The molecule has 0 radical (unpaired) electrons. The molecule has 0 aliphatic rings. The Morgan fingerprint density at radius 3 is 2.52 bits per heavy atom. The first-order valence-corrected chi connectivity index (χ1v) is 9.64. The molecule has 2 heterocycles. The van der Waals surface area contributed by atoms with Gasteiger partial charge >= 0.3 is 0 Å². The summed E-state index contributed by atoms with van der Waals surface area (Å²) in [5.41, 5.74) is 4.93. The van der Waals surface area contributed by atoms with Crippen molar-refractivity contribution in [2.24, 2.45) is 0 Å². The van der Waals surface area contributed by atoms with Crippen LogP contribution in [-0.4, -0.2) is 21.6 Å². The van der Waals surface area contributed by atoms with Gasteiger partial charge in [-0.25, -0.2) is 9.97 Å². The fourth-order valence-electron chi connectivity index (χ4n) is 3.47. The van der Waals surface area contributed by atoms with E-state index in [-0.39, 0.29) is 0 Å². The first-order chi connectivity index (χ1) is 14.4. The highest BCUT2D eigenvalue weighted by atomic mass is 16.5. The molecule has 3 aromatic carbocycles. The Kier molecular flexibility index (Phi) is 4.59. The summed E-state index contributed by atoms with van der Waals surface area (Å²) in [4.78, 5) is 13.6. The van der Waals surface area contributed by atoms with Crippen LogP contribution in [0.1, 0.15) is 5.69 Å². The van der Waals surface area contributed by atoms with Crippen LogP contribution in [0.15, 0.2) is 91.3 Å². The number of ether oxygens (including phenoxy) is 1. The van der Waals surface area contributed by atoms with Crippen LogP contribution >= 0.6 is 0 Å². The summed E-state index contributed by atoms with van der Waals surface area (Å²) in [5.74, 6) is 0.810. The molecule has 140 valence electrons. The lowest BCUT2D eigenvalue weighted by atomic mass is 10.1. The summed E-state index contributed by atoms with van der Waals surface area (Å²) >= 11 is 0. The molecule has 2 aromatic heterocycles. The predicted octanol–water partition coefficient (Wildman–Crippen LogP) is 5.47. The molecule has 0 spiro atoms. The number of hydrogen-bond donors (Lipinski definition) is 0. The fourth-order valence-corrected chi connectivity index (χ4v) is 3.47. The van der Waals surface area contributed by atoms with Crippen molar-refractivity contribution in [3.63, 3.8) is 0 Å². The molecule has 4 heteroatoms. The average molecular weight is 377 g/mol. The number of fused-ring (bicyclic) bond motifs is 2. The quantitative estimate of drug-likeness (QED) is 0.408. The number of rotatable bonds is 5.